The lowest BCUT2D eigenvalue weighted by Gasteiger charge is -2.16. The van der Waals surface area contributed by atoms with Crippen molar-refractivity contribution in [2.45, 2.75) is 32.9 Å². The third kappa shape index (κ3) is 3.36. The summed E-state index contributed by atoms with van der Waals surface area (Å²) in [6, 6.07) is 13.7. The van der Waals surface area contributed by atoms with Crippen molar-refractivity contribution in [3.63, 3.8) is 0 Å². The van der Waals surface area contributed by atoms with Crippen molar-refractivity contribution in [2.24, 2.45) is 0 Å². The standard InChI is InChI=1S/C23H19F2NO4/c1-2-15-16-5-3-4-6-17(16)21(30-23(24)25)20-18(15)12-26(22(20)29)14-9-7-13(8-10-14)11-19(27)28/h3-10,23H,2,11-12H2,1H3,(H,27,28). The number of halogens is 2. The van der Waals surface area contributed by atoms with Crippen LogP contribution in [-0.2, 0) is 24.2 Å². The van der Waals surface area contributed by atoms with E-state index in [1.807, 2.05) is 19.1 Å². The van der Waals surface area contributed by atoms with E-state index in [-0.39, 0.29) is 24.3 Å². The van der Waals surface area contributed by atoms with Crippen LogP contribution >= 0.6 is 0 Å². The van der Waals surface area contributed by atoms with Crippen molar-refractivity contribution in [2.75, 3.05) is 4.90 Å². The van der Waals surface area contributed by atoms with Gasteiger partial charge in [-0.2, -0.15) is 8.78 Å². The van der Waals surface area contributed by atoms with E-state index in [9.17, 15) is 18.4 Å². The molecular formula is C23H19F2NO4. The molecule has 0 fully saturated rings. The first-order chi connectivity index (χ1) is 14.4. The summed E-state index contributed by atoms with van der Waals surface area (Å²) in [7, 11) is 0. The van der Waals surface area contributed by atoms with Gasteiger partial charge in [0.2, 0.25) is 0 Å². The first-order valence-electron chi connectivity index (χ1n) is 9.54. The van der Waals surface area contributed by atoms with Crippen LogP contribution in [0.2, 0.25) is 0 Å². The molecule has 1 heterocycles. The second kappa shape index (κ2) is 7.74. The first kappa shape index (κ1) is 19.8. The van der Waals surface area contributed by atoms with Crippen molar-refractivity contribution < 1.29 is 28.2 Å². The van der Waals surface area contributed by atoms with Crippen molar-refractivity contribution >= 4 is 28.3 Å². The SMILES string of the molecule is CCc1c2c(c(OC(F)F)c3ccccc13)C(=O)N(c1ccc(CC(=O)O)cc1)C2. The van der Waals surface area contributed by atoms with Crippen molar-refractivity contribution in [1.29, 1.82) is 0 Å². The van der Waals surface area contributed by atoms with Crippen LogP contribution in [0.3, 0.4) is 0 Å². The summed E-state index contributed by atoms with van der Waals surface area (Å²) in [5, 5.41) is 10.2. The maximum Gasteiger partial charge on any atom is 0.387 e. The maximum absolute atomic E-state index is 13.3. The Hall–Kier alpha value is -3.48. The van der Waals surface area contributed by atoms with Gasteiger partial charge in [0.1, 0.15) is 5.75 Å². The molecule has 0 radical (unpaired) electrons. The highest BCUT2D eigenvalue weighted by molar-refractivity contribution is 6.16. The largest absolute Gasteiger partial charge is 0.481 e. The number of carboxylic acid groups (broad SMARTS) is 1. The lowest BCUT2D eigenvalue weighted by molar-refractivity contribution is -0.136. The van der Waals surface area contributed by atoms with Gasteiger partial charge >= 0.3 is 12.6 Å². The van der Waals surface area contributed by atoms with E-state index in [4.69, 9.17) is 9.84 Å². The average molecular weight is 411 g/mol. The van der Waals surface area contributed by atoms with E-state index < -0.39 is 18.5 Å². The number of aliphatic carboxylic acids is 1. The smallest absolute Gasteiger partial charge is 0.387 e. The fraction of sp³-hybridized carbons (Fsp3) is 0.217. The zero-order valence-electron chi connectivity index (χ0n) is 16.2. The molecular weight excluding hydrogens is 392 g/mol. The van der Waals surface area contributed by atoms with Gasteiger partial charge in [-0.3, -0.25) is 9.59 Å². The van der Waals surface area contributed by atoms with Crippen molar-refractivity contribution in [3.8, 4) is 5.75 Å². The number of carbonyl (C=O) groups is 2. The molecule has 0 saturated carbocycles. The van der Waals surface area contributed by atoms with E-state index in [2.05, 4.69) is 0 Å². The van der Waals surface area contributed by atoms with Crippen LogP contribution in [0.15, 0.2) is 48.5 Å². The molecule has 3 aromatic rings. The number of rotatable bonds is 6. The Kier molecular flexibility index (Phi) is 5.11. The molecule has 5 nitrogen and oxygen atoms in total. The topological polar surface area (TPSA) is 66.8 Å². The highest BCUT2D eigenvalue weighted by Gasteiger charge is 2.36. The summed E-state index contributed by atoms with van der Waals surface area (Å²) in [4.78, 5) is 25.7. The number of alkyl halides is 2. The summed E-state index contributed by atoms with van der Waals surface area (Å²) in [6.07, 6.45) is 0.517. The molecule has 0 spiro atoms. The second-order valence-corrected chi connectivity index (χ2v) is 7.07. The monoisotopic (exact) mass is 411 g/mol. The number of hydrogen-bond acceptors (Lipinski definition) is 3. The fourth-order valence-electron chi connectivity index (χ4n) is 4.09. The molecule has 7 heteroatoms. The Morgan fingerprint density at radius 2 is 1.80 bits per heavy atom. The molecule has 0 bridgehead atoms. The van der Waals surface area contributed by atoms with E-state index in [1.54, 1.807) is 36.4 Å². The Labute approximate surface area is 171 Å². The van der Waals surface area contributed by atoms with E-state index >= 15 is 0 Å². The fourth-order valence-corrected chi connectivity index (χ4v) is 4.09. The van der Waals surface area contributed by atoms with Crippen LogP contribution < -0.4 is 9.64 Å². The number of nitrogens with zero attached hydrogens (tertiary/aromatic N) is 1. The Bertz CT molecular complexity index is 1140. The second-order valence-electron chi connectivity index (χ2n) is 7.07. The number of anilines is 1. The van der Waals surface area contributed by atoms with Crippen molar-refractivity contribution in [3.05, 3.63) is 70.8 Å². The Morgan fingerprint density at radius 1 is 1.13 bits per heavy atom. The number of fused-ring (bicyclic) bond motifs is 2. The van der Waals surface area contributed by atoms with Gasteiger partial charge in [0.25, 0.3) is 5.91 Å². The van der Waals surface area contributed by atoms with Crippen molar-refractivity contribution in [1.82, 2.24) is 0 Å². The molecule has 1 aliphatic rings. The lowest BCUT2D eigenvalue weighted by atomic mass is 9.93. The third-order valence-electron chi connectivity index (χ3n) is 5.33. The van der Waals surface area contributed by atoms with Crippen LogP contribution in [0, 0.1) is 0 Å². The third-order valence-corrected chi connectivity index (χ3v) is 5.33. The van der Waals surface area contributed by atoms with Gasteiger partial charge < -0.3 is 14.7 Å². The summed E-state index contributed by atoms with van der Waals surface area (Å²) < 4.78 is 31.2. The number of carbonyl (C=O) groups excluding carboxylic acids is 1. The molecule has 4 rings (SSSR count). The van der Waals surface area contributed by atoms with Crippen LogP contribution in [0.1, 0.15) is 34.0 Å². The number of ether oxygens (including phenoxy) is 1. The molecule has 1 aliphatic heterocycles. The number of carboxylic acids is 1. The highest BCUT2D eigenvalue weighted by Crippen LogP contribution is 2.43. The van der Waals surface area contributed by atoms with E-state index in [1.165, 1.54) is 4.90 Å². The van der Waals surface area contributed by atoms with Gasteiger partial charge in [-0.1, -0.05) is 43.3 Å². The van der Waals surface area contributed by atoms with Gasteiger partial charge in [-0.05, 0) is 40.6 Å². The maximum atomic E-state index is 13.3. The van der Waals surface area contributed by atoms with Gasteiger partial charge in [0, 0.05) is 11.1 Å². The molecule has 1 amide bonds. The van der Waals surface area contributed by atoms with Gasteiger partial charge in [-0.25, -0.2) is 0 Å². The number of benzene rings is 3. The molecule has 0 aromatic heterocycles. The number of aryl methyl sites for hydroxylation is 1. The van der Waals surface area contributed by atoms with E-state index in [0.29, 0.717) is 28.6 Å². The molecule has 30 heavy (non-hydrogen) atoms. The van der Waals surface area contributed by atoms with Crippen LogP contribution in [0.5, 0.6) is 5.75 Å². The minimum Gasteiger partial charge on any atom is -0.481 e. The Morgan fingerprint density at radius 3 is 2.40 bits per heavy atom. The summed E-state index contributed by atoms with van der Waals surface area (Å²) in [5.74, 6) is -1.45. The van der Waals surface area contributed by atoms with Gasteiger partial charge in [0.05, 0.1) is 18.5 Å². The van der Waals surface area contributed by atoms with Crippen LogP contribution in [0.25, 0.3) is 10.8 Å². The molecule has 1 N–H and O–H groups in total. The van der Waals surface area contributed by atoms with E-state index in [0.717, 1.165) is 10.9 Å². The summed E-state index contributed by atoms with van der Waals surface area (Å²) in [6.45, 7) is -0.856. The predicted octanol–water partition coefficient (Wildman–Crippen LogP) is 4.79. The normalized spacial score (nSPS) is 13.2. The molecule has 3 aromatic carbocycles. The molecule has 0 aliphatic carbocycles. The average Bonchev–Trinajstić information content (AvgIpc) is 3.05. The van der Waals surface area contributed by atoms with Gasteiger partial charge in [-0.15, -0.1) is 0 Å². The predicted molar refractivity (Wildman–Crippen MR) is 108 cm³/mol. The molecule has 154 valence electrons. The Balaban J connectivity index is 1.83. The van der Waals surface area contributed by atoms with Gasteiger partial charge in [0.15, 0.2) is 0 Å². The quantitative estimate of drug-likeness (QED) is 0.633. The lowest BCUT2D eigenvalue weighted by Crippen LogP contribution is -2.23. The number of hydrogen-bond donors (Lipinski definition) is 1. The first-order valence-corrected chi connectivity index (χ1v) is 9.54. The molecule has 0 unspecified atom stereocenters. The zero-order valence-corrected chi connectivity index (χ0v) is 16.2. The summed E-state index contributed by atoms with van der Waals surface area (Å²) in [5.41, 5.74) is 2.96. The van der Waals surface area contributed by atoms with Crippen LogP contribution in [0.4, 0.5) is 14.5 Å². The minimum absolute atomic E-state index is 0.0946. The zero-order chi connectivity index (χ0) is 21.4. The number of amides is 1. The van der Waals surface area contributed by atoms with Crippen LogP contribution in [-0.4, -0.2) is 23.6 Å². The molecule has 0 saturated heterocycles. The summed E-state index contributed by atoms with van der Waals surface area (Å²) >= 11 is 0. The highest BCUT2D eigenvalue weighted by atomic mass is 19.3. The molecule has 0 atom stereocenters. The minimum atomic E-state index is -3.05.